The quantitative estimate of drug-likeness (QED) is 0.798. The Hall–Kier alpha value is -2.13. The molecule has 0 unspecified atom stereocenters. The maximum atomic E-state index is 12.6. The predicted octanol–water partition coefficient (Wildman–Crippen LogP) is 0.541. The molecule has 2 aromatic rings. The Bertz CT molecular complexity index is 754. The Balaban J connectivity index is 1.80. The molecule has 3 rings (SSSR count). The highest BCUT2D eigenvalue weighted by Crippen LogP contribution is 2.33. The SMILES string of the molecule is COc1ccc(S(=O)(=O)N2CC(n3ccnn3)C2)cc1OC. The van der Waals surface area contributed by atoms with Crippen LogP contribution in [-0.2, 0) is 10.0 Å². The molecule has 0 amide bonds. The largest absolute Gasteiger partial charge is 0.493 e. The zero-order chi connectivity index (χ0) is 15.7. The van der Waals surface area contributed by atoms with Gasteiger partial charge in [0.25, 0.3) is 0 Å². The summed E-state index contributed by atoms with van der Waals surface area (Å²) in [5.41, 5.74) is 0. The molecule has 1 aromatic heterocycles. The number of ether oxygens (including phenoxy) is 2. The number of hydrogen-bond donors (Lipinski definition) is 0. The molecule has 8 nitrogen and oxygen atoms in total. The molecule has 0 radical (unpaired) electrons. The highest BCUT2D eigenvalue weighted by atomic mass is 32.2. The smallest absolute Gasteiger partial charge is 0.243 e. The first-order chi connectivity index (χ1) is 10.6. The van der Waals surface area contributed by atoms with Gasteiger partial charge in [0.1, 0.15) is 0 Å². The number of hydrogen-bond acceptors (Lipinski definition) is 6. The van der Waals surface area contributed by atoms with Gasteiger partial charge in [-0.25, -0.2) is 13.1 Å². The monoisotopic (exact) mass is 324 g/mol. The average molecular weight is 324 g/mol. The first-order valence-electron chi connectivity index (χ1n) is 6.64. The molecule has 22 heavy (non-hydrogen) atoms. The number of methoxy groups -OCH3 is 2. The third kappa shape index (κ3) is 2.42. The second-order valence-corrected chi connectivity index (χ2v) is 6.81. The minimum Gasteiger partial charge on any atom is -0.493 e. The van der Waals surface area contributed by atoms with Crippen molar-refractivity contribution in [3.63, 3.8) is 0 Å². The van der Waals surface area contributed by atoms with Crippen LogP contribution in [0.5, 0.6) is 11.5 Å². The summed E-state index contributed by atoms with van der Waals surface area (Å²) in [5, 5.41) is 7.61. The Kier molecular flexibility index (Phi) is 3.75. The molecule has 2 heterocycles. The zero-order valence-electron chi connectivity index (χ0n) is 12.2. The standard InChI is InChI=1S/C13H16N4O4S/c1-20-12-4-3-11(7-13(12)21-2)22(18,19)16-8-10(9-16)17-6-5-14-15-17/h3-7,10H,8-9H2,1-2H3. The van der Waals surface area contributed by atoms with Crippen LogP contribution in [0.3, 0.4) is 0 Å². The van der Waals surface area contributed by atoms with E-state index in [2.05, 4.69) is 10.3 Å². The van der Waals surface area contributed by atoms with Crippen LogP contribution in [0.1, 0.15) is 6.04 Å². The number of nitrogens with zero attached hydrogens (tertiary/aromatic N) is 4. The van der Waals surface area contributed by atoms with E-state index in [1.54, 1.807) is 23.1 Å². The van der Waals surface area contributed by atoms with E-state index in [0.717, 1.165) is 0 Å². The van der Waals surface area contributed by atoms with E-state index in [4.69, 9.17) is 9.47 Å². The van der Waals surface area contributed by atoms with Crippen LogP contribution in [0.15, 0.2) is 35.5 Å². The van der Waals surface area contributed by atoms with E-state index in [0.29, 0.717) is 24.6 Å². The van der Waals surface area contributed by atoms with Crippen molar-refractivity contribution in [2.24, 2.45) is 0 Å². The van der Waals surface area contributed by atoms with E-state index in [1.807, 2.05) is 0 Å². The maximum Gasteiger partial charge on any atom is 0.243 e. The van der Waals surface area contributed by atoms with E-state index < -0.39 is 10.0 Å². The van der Waals surface area contributed by atoms with Gasteiger partial charge in [-0.3, -0.25) is 0 Å². The van der Waals surface area contributed by atoms with Crippen LogP contribution < -0.4 is 9.47 Å². The average Bonchev–Trinajstić information content (AvgIpc) is 2.98. The summed E-state index contributed by atoms with van der Waals surface area (Å²) >= 11 is 0. The van der Waals surface area contributed by atoms with Gasteiger partial charge in [-0.2, -0.15) is 4.31 Å². The number of sulfonamides is 1. The molecule has 9 heteroatoms. The van der Waals surface area contributed by atoms with E-state index >= 15 is 0 Å². The lowest BCUT2D eigenvalue weighted by molar-refractivity contribution is 0.189. The van der Waals surface area contributed by atoms with Crippen molar-refractivity contribution in [2.75, 3.05) is 27.3 Å². The second-order valence-electron chi connectivity index (χ2n) is 4.88. The molecule has 0 bridgehead atoms. The van der Waals surface area contributed by atoms with Crippen molar-refractivity contribution < 1.29 is 17.9 Å². The molecule has 0 spiro atoms. The Morgan fingerprint density at radius 1 is 1.18 bits per heavy atom. The number of benzene rings is 1. The van der Waals surface area contributed by atoms with Crippen molar-refractivity contribution in [2.45, 2.75) is 10.9 Å². The molecule has 1 aliphatic heterocycles. The van der Waals surface area contributed by atoms with Crippen molar-refractivity contribution >= 4 is 10.0 Å². The third-order valence-electron chi connectivity index (χ3n) is 3.64. The fourth-order valence-electron chi connectivity index (χ4n) is 2.32. The molecule has 118 valence electrons. The van der Waals surface area contributed by atoms with Gasteiger partial charge in [-0.05, 0) is 12.1 Å². The minimum atomic E-state index is -3.55. The summed E-state index contributed by atoms with van der Waals surface area (Å²) in [6, 6.07) is 4.59. The summed E-state index contributed by atoms with van der Waals surface area (Å²) < 4.78 is 38.5. The lowest BCUT2D eigenvalue weighted by Gasteiger charge is -2.37. The maximum absolute atomic E-state index is 12.6. The topological polar surface area (TPSA) is 86.6 Å². The van der Waals surface area contributed by atoms with E-state index in [1.165, 1.54) is 30.7 Å². The third-order valence-corrected chi connectivity index (χ3v) is 5.46. The summed E-state index contributed by atoms with van der Waals surface area (Å²) in [6.45, 7) is 0.750. The van der Waals surface area contributed by atoms with Crippen LogP contribution in [0.4, 0.5) is 0 Å². The Morgan fingerprint density at radius 3 is 2.50 bits per heavy atom. The molecular weight excluding hydrogens is 308 g/mol. The van der Waals surface area contributed by atoms with E-state index in [-0.39, 0.29) is 10.9 Å². The lowest BCUT2D eigenvalue weighted by Crippen LogP contribution is -2.50. The first-order valence-corrected chi connectivity index (χ1v) is 8.08. The van der Waals surface area contributed by atoms with Gasteiger partial charge < -0.3 is 9.47 Å². The van der Waals surface area contributed by atoms with Crippen molar-refractivity contribution in [1.29, 1.82) is 0 Å². The fourth-order valence-corrected chi connectivity index (χ4v) is 3.85. The van der Waals surface area contributed by atoms with Gasteiger partial charge in [0.05, 0.1) is 31.4 Å². The highest BCUT2D eigenvalue weighted by Gasteiger charge is 2.38. The van der Waals surface area contributed by atoms with E-state index in [9.17, 15) is 8.42 Å². The molecule has 1 aliphatic rings. The van der Waals surface area contributed by atoms with Gasteiger partial charge in [-0.1, -0.05) is 5.21 Å². The van der Waals surface area contributed by atoms with Gasteiger partial charge in [0.2, 0.25) is 10.0 Å². The lowest BCUT2D eigenvalue weighted by atomic mass is 10.2. The zero-order valence-corrected chi connectivity index (χ0v) is 13.0. The summed E-state index contributed by atoms with van der Waals surface area (Å²) in [7, 11) is -0.573. The highest BCUT2D eigenvalue weighted by molar-refractivity contribution is 7.89. The van der Waals surface area contributed by atoms with Crippen molar-refractivity contribution in [1.82, 2.24) is 19.3 Å². The predicted molar refractivity (Wildman–Crippen MR) is 77.4 cm³/mol. The van der Waals surface area contributed by atoms with Crippen LogP contribution in [0.2, 0.25) is 0 Å². The molecule has 0 aliphatic carbocycles. The van der Waals surface area contributed by atoms with Crippen molar-refractivity contribution in [3.05, 3.63) is 30.6 Å². The second kappa shape index (κ2) is 5.58. The molecule has 1 fully saturated rings. The Labute approximate surface area is 128 Å². The van der Waals surface area contributed by atoms with Gasteiger partial charge in [0, 0.05) is 25.4 Å². The summed E-state index contributed by atoms with van der Waals surface area (Å²) in [6.07, 6.45) is 3.30. The Morgan fingerprint density at radius 2 is 1.91 bits per heavy atom. The molecule has 1 saturated heterocycles. The molecular formula is C13H16N4O4S. The van der Waals surface area contributed by atoms with Crippen molar-refractivity contribution in [3.8, 4) is 11.5 Å². The molecule has 0 N–H and O–H groups in total. The number of aromatic nitrogens is 3. The van der Waals surface area contributed by atoms with Crippen LogP contribution in [0, 0.1) is 0 Å². The van der Waals surface area contributed by atoms with Crippen LogP contribution in [-0.4, -0.2) is 55.0 Å². The summed E-state index contributed by atoms with van der Waals surface area (Å²) in [5.74, 6) is 0.877. The molecule has 0 saturated carbocycles. The van der Waals surface area contributed by atoms with Gasteiger partial charge >= 0.3 is 0 Å². The molecule has 0 atom stereocenters. The summed E-state index contributed by atoms with van der Waals surface area (Å²) in [4.78, 5) is 0.183. The van der Waals surface area contributed by atoms with Gasteiger partial charge in [0.15, 0.2) is 11.5 Å². The molecule has 1 aromatic carbocycles. The number of rotatable bonds is 5. The van der Waals surface area contributed by atoms with Crippen LogP contribution in [0.25, 0.3) is 0 Å². The fraction of sp³-hybridized carbons (Fsp3) is 0.385. The minimum absolute atomic E-state index is 0.0254. The first kappa shape index (κ1) is 14.8. The van der Waals surface area contributed by atoms with Gasteiger partial charge in [-0.15, -0.1) is 5.10 Å². The van der Waals surface area contributed by atoms with Crippen LogP contribution >= 0.6 is 0 Å². The normalized spacial score (nSPS) is 16.3.